The zero-order chi connectivity index (χ0) is 22.9. The van der Waals surface area contributed by atoms with Crippen molar-refractivity contribution >= 4 is 33.9 Å². The topological polar surface area (TPSA) is 102 Å². The number of amides is 1. The van der Waals surface area contributed by atoms with Gasteiger partial charge in [0.2, 0.25) is 0 Å². The third-order valence-electron chi connectivity index (χ3n) is 4.24. The van der Waals surface area contributed by atoms with Crippen molar-refractivity contribution < 1.29 is 23.5 Å². The molecule has 0 unspecified atom stereocenters. The first-order valence-electron chi connectivity index (χ1n) is 9.67. The smallest absolute Gasteiger partial charge is 0.344 e. The number of furan rings is 1. The summed E-state index contributed by atoms with van der Waals surface area (Å²) in [6, 6.07) is 17.0. The number of hydrogen-bond donors (Lipinski definition) is 1. The molecule has 0 radical (unpaired) electrons. The lowest BCUT2D eigenvalue weighted by atomic mass is 10.1. The Kier molecular flexibility index (Phi) is 7.84. The van der Waals surface area contributed by atoms with Gasteiger partial charge in [-0.3, -0.25) is 4.79 Å². The summed E-state index contributed by atoms with van der Waals surface area (Å²) in [7, 11) is 0. The molecule has 0 aliphatic heterocycles. The molecule has 3 rings (SSSR count). The molecule has 162 valence electrons. The van der Waals surface area contributed by atoms with Gasteiger partial charge in [0.1, 0.15) is 17.4 Å². The highest BCUT2D eigenvalue weighted by Gasteiger charge is 2.16. The van der Waals surface area contributed by atoms with E-state index < -0.39 is 11.9 Å². The first-order chi connectivity index (χ1) is 15.5. The Morgan fingerprint density at radius 1 is 1.16 bits per heavy atom. The summed E-state index contributed by atoms with van der Waals surface area (Å²) in [5.41, 5.74) is 0.828. The monoisotopic (exact) mass is 494 g/mol. The van der Waals surface area contributed by atoms with E-state index in [0.29, 0.717) is 33.7 Å². The highest BCUT2D eigenvalue weighted by molar-refractivity contribution is 9.10. The molecular weight excluding hydrogens is 476 g/mol. The van der Waals surface area contributed by atoms with Crippen LogP contribution in [0.4, 0.5) is 0 Å². The number of carbonyl (C=O) groups is 2. The van der Waals surface area contributed by atoms with E-state index >= 15 is 0 Å². The fourth-order valence-electron chi connectivity index (χ4n) is 2.74. The molecule has 1 aromatic heterocycles. The Hall–Kier alpha value is -3.83. The third-order valence-corrected chi connectivity index (χ3v) is 4.93. The van der Waals surface area contributed by atoms with Crippen LogP contribution in [-0.2, 0) is 11.3 Å². The molecule has 1 heterocycles. The average Bonchev–Trinajstić information content (AvgIpc) is 3.31. The van der Waals surface area contributed by atoms with Gasteiger partial charge in [-0.25, -0.2) is 4.79 Å². The van der Waals surface area contributed by atoms with Crippen LogP contribution in [0.2, 0.25) is 0 Å². The predicted molar refractivity (Wildman–Crippen MR) is 121 cm³/mol. The minimum absolute atomic E-state index is 0.0861. The van der Waals surface area contributed by atoms with Crippen molar-refractivity contribution in [3.63, 3.8) is 0 Å². The maximum absolute atomic E-state index is 12.5. The molecule has 8 heteroatoms. The normalized spacial score (nSPS) is 10.8. The SMILES string of the molecule is CCOc1cc(C=C(C#N)C(=O)NCc2ccco2)ccc1OC(=O)c1ccccc1Br. The number of benzene rings is 2. The second-order valence-electron chi connectivity index (χ2n) is 6.44. The number of halogens is 1. The maximum atomic E-state index is 12.5. The molecule has 0 aliphatic carbocycles. The molecule has 0 aliphatic rings. The molecule has 0 fully saturated rings. The molecule has 3 aromatic rings. The fraction of sp³-hybridized carbons (Fsp3) is 0.125. The number of rotatable bonds is 8. The lowest BCUT2D eigenvalue weighted by Crippen LogP contribution is -2.23. The van der Waals surface area contributed by atoms with Crippen LogP contribution in [0.5, 0.6) is 11.5 Å². The largest absolute Gasteiger partial charge is 0.490 e. The van der Waals surface area contributed by atoms with Crippen LogP contribution in [0.1, 0.15) is 28.6 Å². The average molecular weight is 495 g/mol. The van der Waals surface area contributed by atoms with E-state index in [1.807, 2.05) is 6.07 Å². The van der Waals surface area contributed by atoms with Gasteiger partial charge in [0.25, 0.3) is 5.91 Å². The molecule has 1 N–H and O–H groups in total. The van der Waals surface area contributed by atoms with Crippen LogP contribution in [0.3, 0.4) is 0 Å². The standard InChI is InChI=1S/C24H19BrN2O5/c1-2-30-22-13-16(12-17(14-26)23(28)27-15-18-6-5-11-31-18)9-10-21(22)32-24(29)19-7-3-4-8-20(19)25/h3-13H,2,15H2,1H3,(H,27,28). The zero-order valence-electron chi connectivity index (χ0n) is 17.1. The third kappa shape index (κ3) is 5.86. The number of nitrogens with one attached hydrogen (secondary N) is 1. The molecule has 32 heavy (non-hydrogen) atoms. The lowest BCUT2D eigenvalue weighted by molar-refractivity contribution is -0.117. The summed E-state index contributed by atoms with van der Waals surface area (Å²) in [6.45, 7) is 2.30. The van der Waals surface area contributed by atoms with Gasteiger partial charge in [0, 0.05) is 4.47 Å². The van der Waals surface area contributed by atoms with Gasteiger partial charge in [-0.15, -0.1) is 0 Å². The molecule has 1 amide bonds. The Balaban J connectivity index is 1.79. The molecule has 0 saturated heterocycles. The van der Waals surface area contributed by atoms with Crippen molar-refractivity contribution in [1.29, 1.82) is 5.26 Å². The van der Waals surface area contributed by atoms with E-state index in [2.05, 4.69) is 21.2 Å². The van der Waals surface area contributed by atoms with E-state index in [-0.39, 0.29) is 17.9 Å². The van der Waals surface area contributed by atoms with Crippen LogP contribution in [0.15, 0.2) is 75.3 Å². The Labute approximate surface area is 193 Å². The van der Waals surface area contributed by atoms with Gasteiger partial charge in [-0.2, -0.15) is 5.26 Å². The van der Waals surface area contributed by atoms with Gasteiger partial charge >= 0.3 is 5.97 Å². The Morgan fingerprint density at radius 2 is 1.97 bits per heavy atom. The summed E-state index contributed by atoms with van der Waals surface area (Å²) in [4.78, 5) is 24.9. The van der Waals surface area contributed by atoms with Gasteiger partial charge in [0.15, 0.2) is 11.5 Å². The van der Waals surface area contributed by atoms with Crippen LogP contribution < -0.4 is 14.8 Å². The number of esters is 1. The highest BCUT2D eigenvalue weighted by atomic mass is 79.9. The van der Waals surface area contributed by atoms with Crippen molar-refractivity contribution in [2.24, 2.45) is 0 Å². The van der Waals surface area contributed by atoms with Gasteiger partial charge < -0.3 is 19.2 Å². The quantitative estimate of drug-likeness (QED) is 0.207. The highest BCUT2D eigenvalue weighted by Crippen LogP contribution is 2.31. The second kappa shape index (κ2) is 11.0. The van der Waals surface area contributed by atoms with Crippen LogP contribution in [0, 0.1) is 11.3 Å². The van der Waals surface area contributed by atoms with Crippen molar-refractivity contribution in [2.45, 2.75) is 13.5 Å². The summed E-state index contributed by atoms with van der Waals surface area (Å²) in [5, 5.41) is 12.0. The Morgan fingerprint density at radius 3 is 2.66 bits per heavy atom. The molecule has 0 saturated carbocycles. The van der Waals surface area contributed by atoms with E-state index in [0.717, 1.165) is 0 Å². The summed E-state index contributed by atoms with van der Waals surface area (Å²) < 4.78 is 16.9. The van der Waals surface area contributed by atoms with Crippen molar-refractivity contribution in [3.8, 4) is 17.6 Å². The second-order valence-corrected chi connectivity index (χ2v) is 7.29. The minimum Gasteiger partial charge on any atom is -0.490 e. The lowest BCUT2D eigenvalue weighted by Gasteiger charge is -2.12. The number of hydrogen-bond acceptors (Lipinski definition) is 6. The molecule has 0 spiro atoms. The van der Waals surface area contributed by atoms with Crippen LogP contribution in [0.25, 0.3) is 6.08 Å². The minimum atomic E-state index is -0.545. The zero-order valence-corrected chi connectivity index (χ0v) is 18.7. The molecule has 0 bridgehead atoms. The first-order valence-corrected chi connectivity index (χ1v) is 10.5. The summed E-state index contributed by atoms with van der Waals surface area (Å²) in [6.07, 6.45) is 2.93. The van der Waals surface area contributed by atoms with Crippen molar-refractivity contribution in [1.82, 2.24) is 5.32 Å². The van der Waals surface area contributed by atoms with E-state index in [1.54, 1.807) is 61.5 Å². The predicted octanol–water partition coefficient (Wildman–Crippen LogP) is 4.88. The first kappa shape index (κ1) is 22.8. The van der Waals surface area contributed by atoms with E-state index in [1.165, 1.54) is 12.3 Å². The summed E-state index contributed by atoms with van der Waals surface area (Å²) in [5.74, 6) is 0.0361. The van der Waals surface area contributed by atoms with Crippen LogP contribution in [-0.4, -0.2) is 18.5 Å². The van der Waals surface area contributed by atoms with Gasteiger partial charge in [0.05, 0.1) is 25.0 Å². The van der Waals surface area contributed by atoms with E-state index in [4.69, 9.17) is 13.9 Å². The number of carbonyl (C=O) groups excluding carboxylic acids is 2. The fourth-order valence-corrected chi connectivity index (χ4v) is 3.19. The number of ether oxygens (including phenoxy) is 2. The summed E-state index contributed by atoms with van der Waals surface area (Å²) >= 11 is 3.33. The van der Waals surface area contributed by atoms with E-state index in [9.17, 15) is 14.9 Å². The number of nitriles is 1. The molecular formula is C24H19BrN2O5. The van der Waals surface area contributed by atoms with Gasteiger partial charge in [-0.05, 0) is 70.9 Å². The maximum Gasteiger partial charge on any atom is 0.344 e. The molecule has 0 atom stereocenters. The molecule has 7 nitrogen and oxygen atoms in total. The molecule has 2 aromatic carbocycles. The van der Waals surface area contributed by atoms with Gasteiger partial charge in [-0.1, -0.05) is 18.2 Å². The Bertz CT molecular complexity index is 1180. The van der Waals surface area contributed by atoms with Crippen molar-refractivity contribution in [3.05, 3.63) is 87.8 Å². The number of nitrogens with zero attached hydrogens (tertiary/aromatic N) is 1. The van der Waals surface area contributed by atoms with Crippen molar-refractivity contribution in [2.75, 3.05) is 6.61 Å². The van der Waals surface area contributed by atoms with Crippen LogP contribution >= 0.6 is 15.9 Å².